The molecule has 0 spiro atoms. The van der Waals surface area contributed by atoms with Gasteiger partial charge in [0.15, 0.2) is 9.84 Å². The molecule has 1 rings (SSSR count). The molecule has 0 aliphatic rings. The highest BCUT2D eigenvalue weighted by atomic mass is 32.2. The predicted molar refractivity (Wildman–Crippen MR) is 70.8 cm³/mol. The number of ether oxygens (including phenoxy) is 2. The summed E-state index contributed by atoms with van der Waals surface area (Å²) in [5.41, 5.74) is -0.796. The number of carbonyl (C=O) groups excluding carboxylic acids is 1. The Hall–Kier alpha value is -1.56. The second-order valence-corrected chi connectivity index (χ2v) is 6.93. The van der Waals surface area contributed by atoms with Crippen LogP contribution in [-0.4, -0.2) is 34.4 Å². The minimum Gasteiger partial charge on any atom is -0.492 e. The van der Waals surface area contributed by atoms with Gasteiger partial charge in [-0.2, -0.15) is 0 Å². The Morgan fingerprint density at radius 3 is 2.47 bits per heavy atom. The summed E-state index contributed by atoms with van der Waals surface area (Å²) in [6, 6.07) is 6.16. The maximum Gasteiger partial charge on any atom is 0.314 e. The molecule has 0 aliphatic carbocycles. The molecule has 0 bridgehead atoms. The highest BCUT2D eigenvalue weighted by molar-refractivity contribution is 7.90. The van der Waals surface area contributed by atoms with Crippen molar-refractivity contribution in [3.8, 4) is 5.75 Å². The van der Waals surface area contributed by atoms with Gasteiger partial charge in [-0.25, -0.2) is 8.42 Å². The van der Waals surface area contributed by atoms with Crippen LogP contribution in [-0.2, 0) is 19.4 Å². The van der Waals surface area contributed by atoms with Crippen molar-refractivity contribution in [1.82, 2.24) is 0 Å². The van der Waals surface area contributed by atoms with E-state index in [0.29, 0.717) is 5.75 Å². The molecule has 5 nitrogen and oxygen atoms in total. The van der Waals surface area contributed by atoms with Gasteiger partial charge in [-0.1, -0.05) is 6.07 Å². The number of carbonyl (C=O) groups is 1. The zero-order chi connectivity index (χ0) is 14.7. The van der Waals surface area contributed by atoms with E-state index in [1.54, 1.807) is 26.0 Å². The molecule has 19 heavy (non-hydrogen) atoms. The third-order valence-corrected chi connectivity index (χ3v) is 3.68. The summed E-state index contributed by atoms with van der Waals surface area (Å²) < 4.78 is 33.0. The number of esters is 1. The van der Waals surface area contributed by atoms with Crippen molar-refractivity contribution in [3.05, 3.63) is 24.3 Å². The van der Waals surface area contributed by atoms with E-state index in [-0.39, 0.29) is 17.5 Å². The summed E-state index contributed by atoms with van der Waals surface area (Å²) in [4.78, 5) is 11.7. The molecule has 0 saturated heterocycles. The maximum atomic E-state index is 11.5. The second-order valence-electron chi connectivity index (χ2n) is 4.91. The van der Waals surface area contributed by atoms with Gasteiger partial charge < -0.3 is 9.47 Å². The first-order valence-electron chi connectivity index (χ1n) is 5.68. The Morgan fingerprint density at radius 1 is 1.32 bits per heavy atom. The largest absolute Gasteiger partial charge is 0.492 e. The van der Waals surface area contributed by atoms with Gasteiger partial charge in [0.25, 0.3) is 0 Å². The van der Waals surface area contributed by atoms with Crippen molar-refractivity contribution in [1.29, 1.82) is 0 Å². The van der Waals surface area contributed by atoms with Crippen molar-refractivity contribution in [2.45, 2.75) is 18.7 Å². The standard InChI is InChI=1S/C13H18O5S/c1-13(2,12(14)17-3)9-18-10-6-5-7-11(8-10)19(4,15)16/h5-8H,9H2,1-4H3. The number of sulfone groups is 1. The minimum atomic E-state index is -3.27. The molecule has 106 valence electrons. The number of hydrogen-bond acceptors (Lipinski definition) is 5. The predicted octanol–water partition coefficient (Wildman–Crippen LogP) is 1.67. The van der Waals surface area contributed by atoms with Crippen LogP contribution < -0.4 is 4.74 Å². The molecule has 0 unspecified atom stereocenters. The van der Waals surface area contributed by atoms with Crippen molar-refractivity contribution in [2.75, 3.05) is 20.0 Å². The van der Waals surface area contributed by atoms with E-state index < -0.39 is 15.3 Å². The molecule has 0 atom stereocenters. The van der Waals surface area contributed by atoms with Crippen LogP contribution in [0.25, 0.3) is 0 Å². The molecule has 1 aromatic carbocycles. The zero-order valence-electron chi connectivity index (χ0n) is 11.5. The van der Waals surface area contributed by atoms with Gasteiger partial charge in [0.2, 0.25) is 0 Å². The summed E-state index contributed by atoms with van der Waals surface area (Å²) in [5, 5.41) is 0. The summed E-state index contributed by atoms with van der Waals surface area (Å²) in [6.45, 7) is 3.49. The van der Waals surface area contributed by atoms with E-state index in [1.807, 2.05) is 0 Å². The van der Waals surface area contributed by atoms with E-state index in [9.17, 15) is 13.2 Å². The fourth-order valence-electron chi connectivity index (χ4n) is 1.39. The summed E-state index contributed by atoms with van der Waals surface area (Å²) in [5.74, 6) is 0.0201. The Morgan fingerprint density at radius 2 is 1.95 bits per heavy atom. The first-order valence-corrected chi connectivity index (χ1v) is 7.57. The van der Waals surface area contributed by atoms with Gasteiger partial charge in [-0.05, 0) is 32.0 Å². The lowest BCUT2D eigenvalue weighted by Gasteiger charge is -2.21. The van der Waals surface area contributed by atoms with Crippen molar-refractivity contribution in [3.63, 3.8) is 0 Å². The van der Waals surface area contributed by atoms with Crippen LogP contribution >= 0.6 is 0 Å². The molecular formula is C13H18O5S. The Labute approximate surface area is 113 Å². The molecule has 0 aromatic heterocycles. The van der Waals surface area contributed by atoms with Crippen molar-refractivity contribution in [2.24, 2.45) is 5.41 Å². The van der Waals surface area contributed by atoms with E-state index in [4.69, 9.17) is 4.74 Å². The van der Waals surface area contributed by atoms with Crippen LogP contribution in [0, 0.1) is 5.41 Å². The summed E-state index contributed by atoms with van der Waals surface area (Å²) >= 11 is 0. The van der Waals surface area contributed by atoms with Crippen LogP contribution in [0.1, 0.15) is 13.8 Å². The third kappa shape index (κ3) is 4.24. The maximum absolute atomic E-state index is 11.5. The Kier molecular flexibility index (Phi) is 4.57. The molecule has 0 aliphatic heterocycles. The average Bonchev–Trinajstić information content (AvgIpc) is 2.35. The van der Waals surface area contributed by atoms with E-state index in [0.717, 1.165) is 6.26 Å². The highest BCUT2D eigenvalue weighted by Crippen LogP contribution is 2.22. The third-order valence-electron chi connectivity index (χ3n) is 2.57. The minimum absolute atomic E-state index is 0.104. The first-order chi connectivity index (χ1) is 8.66. The molecular weight excluding hydrogens is 268 g/mol. The Bertz CT molecular complexity index is 560. The van der Waals surface area contributed by atoms with Crippen LogP contribution in [0.4, 0.5) is 0 Å². The van der Waals surface area contributed by atoms with Gasteiger partial charge in [-0.15, -0.1) is 0 Å². The topological polar surface area (TPSA) is 69.7 Å². The normalized spacial score (nSPS) is 12.0. The van der Waals surface area contributed by atoms with Gasteiger partial charge in [0.1, 0.15) is 12.4 Å². The number of rotatable bonds is 5. The highest BCUT2D eigenvalue weighted by Gasteiger charge is 2.29. The molecule has 0 saturated carbocycles. The van der Waals surface area contributed by atoms with E-state index >= 15 is 0 Å². The lowest BCUT2D eigenvalue weighted by Crippen LogP contribution is -2.32. The summed E-state index contributed by atoms with van der Waals surface area (Å²) in [7, 11) is -1.96. The zero-order valence-corrected chi connectivity index (χ0v) is 12.3. The average molecular weight is 286 g/mol. The lowest BCUT2D eigenvalue weighted by atomic mass is 9.95. The molecule has 6 heteroatoms. The van der Waals surface area contributed by atoms with E-state index in [2.05, 4.69) is 4.74 Å². The van der Waals surface area contributed by atoms with Crippen molar-refractivity contribution < 1.29 is 22.7 Å². The van der Waals surface area contributed by atoms with Gasteiger partial charge in [0, 0.05) is 6.26 Å². The van der Waals surface area contributed by atoms with Crippen molar-refractivity contribution >= 4 is 15.8 Å². The van der Waals surface area contributed by atoms with Crippen LogP contribution in [0.15, 0.2) is 29.2 Å². The smallest absolute Gasteiger partial charge is 0.314 e. The molecule has 0 heterocycles. The number of hydrogen-bond donors (Lipinski definition) is 0. The van der Waals surface area contributed by atoms with Crippen LogP contribution in [0.3, 0.4) is 0 Å². The molecule has 1 aromatic rings. The monoisotopic (exact) mass is 286 g/mol. The van der Waals surface area contributed by atoms with Crippen LogP contribution in [0.5, 0.6) is 5.75 Å². The quantitative estimate of drug-likeness (QED) is 0.770. The summed E-state index contributed by atoms with van der Waals surface area (Å²) in [6.07, 6.45) is 1.13. The van der Waals surface area contributed by atoms with E-state index in [1.165, 1.54) is 19.2 Å². The Balaban J connectivity index is 2.82. The molecule has 0 amide bonds. The molecule has 0 fully saturated rings. The van der Waals surface area contributed by atoms with Gasteiger partial charge in [-0.3, -0.25) is 4.79 Å². The number of methoxy groups -OCH3 is 1. The number of benzene rings is 1. The molecule has 0 radical (unpaired) electrons. The van der Waals surface area contributed by atoms with Crippen LogP contribution in [0.2, 0.25) is 0 Å². The van der Waals surface area contributed by atoms with Gasteiger partial charge >= 0.3 is 5.97 Å². The second kappa shape index (κ2) is 5.61. The van der Waals surface area contributed by atoms with Gasteiger partial charge in [0.05, 0.1) is 17.4 Å². The molecule has 0 N–H and O–H groups in total. The fourth-order valence-corrected chi connectivity index (χ4v) is 2.05. The lowest BCUT2D eigenvalue weighted by molar-refractivity contribution is -0.152. The fraction of sp³-hybridized carbons (Fsp3) is 0.462. The SMILES string of the molecule is COC(=O)C(C)(C)COc1cccc(S(C)(=O)=O)c1. The first kappa shape index (κ1) is 15.5.